The number of benzene rings is 1. The second-order valence-electron chi connectivity index (χ2n) is 8.07. The lowest BCUT2D eigenvalue weighted by atomic mass is 10.0. The van der Waals surface area contributed by atoms with Crippen LogP contribution in [0.3, 0.4) is 0 Å². The van der Waals surface area contributed by atoms with Crippen molar-refractivity contribution in [1.82, 2.24) is 20.5 Å². The molecule has 0 unspecified atom stereocenters. The minimum atomic E-state index is -0.0754. The maximum atomic E-state index is 12.7. The van der Waals surface area contributed by atoms with Crippen LogP contribution in [0, 0.1) is 13.8 Å². The molecular formula is C22H22ClN5O. The first-order chi connectivity index (χ1) is 14.0. The fourth-order valence-corrected chi connectivity index (χ4v) is 4.09. The Balaban J connectivity index is 1.25. The van der Waals surface area contributed by atoms with E-state index in [9.17, 15) is 4.79 Å². The van der Waals surface area contributed by atoms with Crippen molar-refractivity contribution in [3.05, 3.63) is 57.9 Å². The number of pyridine rings is 1. The van der Waals surface area contributed by atoms with Crippen molar-refractivity contribution < 1.29 is 4.79 Å². The molecule has 0 spiro atoms. The highest BCUT2D eigenvalue weighted by Gasteiger charge is 2.31. The molecular weight excluding hydrogens is 386 g/mol. The largest absolute Gasteiger partial charge is 0.351 e. The van der Waals surface area contributed by atoms with E-state index in [1.165, 1.54) is 18.4 Å². The van der Waals surface area contributed by atoms with Gasteiger partial charge in [0.15, 0.2) is 0 Å². The number of fused-ring (bicyclic) bond motifs is 1. The van der Waals surface area contributed by atoms with E-state index in [0.717, 1.165) is 28.0 Å². The summed E-state index contributed by atoms with van der Waals surface area (Å²) in [5.41, 5.74) is 4.60. The van der Waals surface area contributed by atoms with Crippen LogP contribution in [0.25, 0.3) is 10.9 Å². The fraction of sp³-hybridized carbons (Fsp3) is 0.364. The van der Waals surface area contributed by atoms with E-state index in [4.69, 9.17) is 11.6 Å². The number of aromatic nitrogens is 3. The van der Waals surface area contributed by atoms with Crippen molar-refractivity contribution in [2.45, 2.75) is 38.6 Å². The normalized spacial score (nSPS) is 16.7. The zero-order chi connectivity index (χ0) is 20.1. The number of hydrogen-bond donors (Lipinski definition) is 1. The number of nitrogens with one attached hydrogen (secondary N) is 1. The number of amides is 1. The molecule has 1 aliphatic heterocycles. The highest BCUT2D eigenvalue weighted by Crippen LogP contribution is 2.41. The van der Waals surface area contributed by atoms with Crippen LogP contribution in [-0.2, 0) is 0 Å². The summed E-state index contributed by atoms with van der Waals surface area (Å²) in [5.74, 6) is 1.36. The van der Waals surface area contributed by atoms with Crippen LogP contribution in [0.15, 0.2) is 30.5 Å². The predicted molar refractivity (Wildman–Crippen MR) is 114 cm³/mol. The summed E-state index contributed by atoms with van der Waals surface area (Å²) in [5, 5.41) is 13.1. The number of anilines is 1. The van der Waals surface area contributed by atoms with E-state index in [-0.39, 0.29) is 11.9 Å². The highest BCUT2D eigenvalue weighted by atomic mass is 35.5. The van der Waals surface area contributed by atoms with Gasteiger partial charge in [0.05, 0.1) is 22.3 Å². The average molecular weight is 408 g/mol. The summed E-state index contributed by atoms with van der Waals surface area (Å²) in [4.78, 5) is 19.4. The molecule has 1 amide bonds. The standard InChI is InChI=1S/C22H22ClN5O/c1-12-13(2)26-27-20-6-5-15(7-18(12)20)22(29)25-17-10-28(11-17)21-19(23)8-16(9-24-21)14-3-4-14/h5-9,14,17H,3-4,10-11H2,1-2H3,(H,25,29). The molecule has 2 aromatic heterocycles. The van der Waals surface area contributed by atoms with Gasteiger partial charge in [0, 0.05) is 30.2 Å². The van der Waals surface area contributed by atoms with Gasteiger partial charge in [0.25, 0.3) is 5.91 Å². The Morgan fingerprint density at radius 2 is 1.97 bits per heavy atom. The van der Waals surface area contributed by atoms with Crippen LogP contribution >= 0.6 is 11.6 Å². The highest BCUT2D eigenvalue weighted by molar-refractivity contribution is 6.33. The van der Waals surface area contributed by atoms with Crippen LogP contribution in [0.5, 0.6) is 0 Å². The molecule has 29 heavy (non-hydrogen) atoms. The molecule has 7 heteroatoms. The molecule has 2 fully saturated rings. The summed E-state index contributed by atoms with van der Waals surface area (Å²) < 4.78 is 0. The smallest absolute Gasteiger partial charge is 0.251 e. The first-order valence-corrected chi connectivity index (χ1v) is 10.3. The molecule has 3 aromatic rings. The molecule has 1 N–H and O–H groups in total. The molecule has 0 bridgehead atoms. The first-order valence-electron chi connectivity index (χ1n) is 9.94. The zero-order valence-electron chi connectivity index (χ0n) is 16.4. The molecule has 5 rings (SSSR count). The average Bonchev–Trinajstić information content (AvgIpc) is 3.53. The predicted octanol–water partition coefficient (Wildman–Crippen LogP) is 3.79. The first kappa shape index (κ1) is 18.3. The SMILES string of the molecule is Cc1nnc2ccc(C(=O)NC3CN(c4ncc(C5CC5)cc4Cl)C3)cc2c1C. The molecule has 3 heterocycles. The van der Waals surface area contributed by atoms with E-state index in [1.807, 2.05) is 38.2 Å². The van der Waals surface area contributed by atoms with Gasteiger partial charge in [-0.05, 0) is 68.0 Å². The molecule has 1 saturated heterocycles. The Labute approximate surface area is 174 Å². The lowest BCUT2D eigenvalue weighted by Gasteiger charge is -2.40. The van der Waals surface area contributed by atoms with Crippen LogP contribution in [0.2, 0.25) is 5.02 Å². The Bertz CT molecular complexity index is 1120. The van der Waals surface area contributed by atoms with E-state index in [0.29, 0.717) is 29.6 Å². The number of hydrogen-bond acceptors (Lipinski definition) is 5. The third kappa shape index (κ3) is 3.42. The summed E-state index contributed by atoms with van der Waals surface area (Å²) in [6.45, 7) is 5.34. The minimum Gasteiger partial charge on any atom is -0.351 e. The van der Waals surface area contributed by atoms with E-state index < -0.39 is 0 Å². The molecule has 2 aliphatic rings. The summed E-state index contributed by atoms with van der Waals surface area (Å²) in [6.07, 6.45) is 4.40. The molecule has 6 nitrogen and oxygen atoms in total. The molecule has 0 radical (unpaired) electrons. The van der Waals surface area contributed by atoms with Crippen LogP contribution in [0.4, 0.5) is 5.82 Å². The minimum absolute atomic E-state index is 0.0754. The summed E-state index contributed by atoms with van der Waals surface area (Å²) in [7, 11) is 0. The quantitative estimate of drug-likeness (QED) is 0.712. The lowest BCUT2D eigenvalue weighted by Crippen LogP contribution is -2.59. The Morgan fingerprint density at radius 1 is 1.17 bits per heavy atom. The van der Waals surface area contributed by atoms with Crippen molar-refractivity contribution in [1.29, 1.82) is 0 Å². The van der Waals surface area contributed by atoms with Crippen LogP contribution in [-0.4, -0.2) is 40.2 Å². The zero-order valence-corrected chi connectivity index (χ0v) is 17.2. The Hall–Kier alpha value is -2.73. The van der Waals surface area contributed by atoms with Gasteiger partial charge in [0.2, 0.25) is 0 Å². The lowest BCUT2D eigenvalue weighted by molar-refractivity contribution is 0.0930. The maximum absolute atomic E-state index is 12.7. The maximum Gasteiger partial charge on any atom is 0.251 e. The van der Waals surface area contributed by atoms with Gasteiger partial charge in [0.1, 0.15) is 5.82 Å². The van der Waals surface area contributed by atoms with Gasteiger partial charge in [-0.15, -0.1) is 0 Å². The number of nitrogens with zero attached hydrogens (tertiary/aromatic N) is 4. The van der Waals surface area contributed by atoms with E-state index in [1.54, 1.807) is 6.07 Å². The topological polar surface area (TPSA) is 71.0 Å². The second kappa shape index (κ2) is 6.95. The third-order valence-electron chi connectivity index (χ3n) is 5.92. The number of halogens is 1. The van der Waals surface area contributed by atoms with Gasteiger partial charge in [-0.1, -0.05) is 11.6 Å². The van der Waals surface area contributed by atoms with Crippen LogP contribution < -0.4 is 10.2 Å². The van der Waals surface area contributed by atoms with Gasteiger partial charge in [-0.2, -0.15) is 10.2 Å². The molecule has 1 aromatic carbocycles. The van der Waals surface area contributed by atoms with Crippen molar-refractivity contribution in [2.24, 2.45) is 0 Å². The monoisotopic (exact) mass is 407 g/mol. The van der Waals surface area contributed by atoms with Crippen molar-refractivity contribution >= 4 is 34.2 Å². The van der Waals surface area contributed by atoms with Crippen molar-refractivity contribution in [3.63, 3.8) is 0 Å². The summed E-state index contributed by atoms with van der Waals surface area (Å²) >= 11 is 6.44. The molecule has 1 aliphatic carbocycles. The molecule has 148 valence electrons. The second-order valence-corrected chi connectivity index (χ2v) is 8.47. The Morgan fingerprint density at radius 3 is 2.69 bits per heavy atom. The molecule has 0 atom stereocenters. The third-order valence-corrected chi connectivity index (χ3v) is 6.20. The number of carbonyl (C=O) groups excluding carboxylic acids is 1. The Kier molecular flexibility index (Phi) is 4.39. The van der Waals surface area contributed by atoms with Gasteiger partial charge >= 0.3 is 0 Å². The van der Waals surface area contributed by atoms with E-state index >= 15 is 0 Å². The van der Waals surface area contributed by atoms with Gasteiger partial charge in [-0.3, -0.25) is 4.79 Å². The van der Waals surface area contributed by atoms with Crippen molar-refractivity contribution in [3.8, 4) is 0 Å². The number of carbonyl (C=O) groups is 1. The molecule has 1 saturated carbocycles. The fourth-order valence-electron chi connectivity index (χ4n) is 3.79. The van der Waals surface area contributed by atoms with Gasteiger partial charge < -0.3 is 10.2 Å². The summed E-state index contributed by atoms with van der Waals surface area (Å²) in [6, 6.07) is 7.66. The number of aryl methyl sites for hydroxylation is 2. The number of rotatable bonds is 4. The van der Waals surface area contributed by atoms with Gasteiger partial charge in [-0.25, -0.2) is 4.98 Å². The van der Waals surface area contributed by atoms with Crippen LogP contribution in [0.1, 0.15) is 45.9 Å². The van der Waals surface area contributed by atoms with Crippen molar-refractivity contribution in [2.75, 3.05) is 18.0 Å². The van der Waals surface area contributed by atoms with E-state index in [2.05, 4.69) is 25.4 Å².